The Labute approximate surface area is 217 Å². The minimum absolute atomic E-state index is 0.125. The summed E-state index contributed by atoms with van der Waals surface area (Å²) in [5, 5.41) is 0. The molecule has 0 aliphatic heterocycles. The van der Waals surface area contributed by atoms with Crippen LogP contribution in [0.2, 0.25) is 0 Å². The van der Waals surface area contributed by atoms with Gasteiger partial charge in [-0.25, -0.2) is 0 Å². The molecule has 4 aromatic carbocycles. The summed E-state index contributed by atoms with van der Waals surface area (Å²) in [5.41, 5.74) is 15.2. The fraction of sp³-hybridized carbons (Fsp3) is 0.333. The van der Waals surface area contributed by atoms with Gasteiger partial charge >= 0.3 is 0 Å². The van der Waals surface area contributed by atoms with E-state index in [1.54, 1.807) is 0 Å². The van der Waals surface area contributed by atoms with E-state index in [-0.39, 0.29) is 10.8 Å². The molecular weight excluding hydrogens is 432 g/mol. The molecule has 182 valence electrons. The summed E-state index contributed by atoms with van der Waals surface area (Å²) >= 11 is 0. The SMILES string of the molecule is CC(C)(C)c1cccc2c1-c1ccccc1C2CCC1c2ccccc2-c2c1cccc2C(C)(C)C. The van der Waals surface area contributed by atoms with Gasteiger partial charge in [-0.1, -0.05) is 126 Å². The van der Waals surface area contributed by atoms with Crippen LogP contribution in [0.5, 0.6) is 0 Å². The maximum Gasteiger partial charge on any atom is 0.0102 e. The van der Waals surface area contributed by atoms with Gasteiger partial charge < -0.3 is 0 Å². The molecule has 36 heavy (non-hydrogen) atoms. The van der Waals surface area contributed by atoms with E-state index in [0.29, 0.717) is 11.8 Å². The summed E-state index contributed by atoms with van der Waals surface area (Å²) in [5.74, 6) is 0.918. The molecule has 0 N–H and O–H groups in total. The molecule has 2 aliphatic carbocycles. The third-order valence-electron chi connectivity index (χ3n) is 8.52. The lowest BCUT2D eigenvalue weighted by Crippen LogP contribution is -2.13. The van der Waals surface area contributed by atoms with Crippen molar-refractivity contribution in [2.45, 2.75) is 77.0 Å². The lowest BCUT2D eigenvalue weighted by atomic mass is 9.80. The maximum atomic E-state index is 2.39. The Balaban J connectivity index is 1.42. The monoisotopic (exact) mass is 470 g/mol. The van der Waals surface area contributed by atoms with Crippen molar-refractivity contribution in [1.29, 1.82) is 0 Å². The predicted octanol–water partition coefficient (Wildman–Crippen LogP) is 9.99. The highest BCUT2D eigenvalue weighted by Crippen LogP contribution is 2.54. The first kappa shape index (κ1) is 23.3. The molecule has 0 radical (unpaired) electrons. The molecule has 0 spiro atoms. The van der Waals surface area contributed by atoms with Crippen LogP contribution in [0.4, 0.5) is 0 Å². The fourth-order valence-electron chi connectivity index (χ4n) is 6.92. The number of hydrogen-bond acceptors (Lipinski definition) is 0. The molecule has 2 unspecified atom stereocenters. The van der Waals surface area contributed by atoms with Crippen LogP contribution >= 0.6 is 0 Å². The van der Waals surface area contributed by atoms with Crippen molar-refractivity contribution in [3.05, 3.63) is 118 Å². The van der Waals surface area contributed by atoms with E-state index in [1.807, 2.05) is 0 Å². The predicted molar refractivity (Wildman–Crippen MR) is 154 cm³/mol. The Bertz CT molecular complexity index is 1340. The van der Waals surface area contributed by atoms with Gasteiger partial charge in [0, 0.05) is 11.8 Å². The van der Waals surface area contributed by atoms with Gasteiger partial charge in [-0.05, 0) is 79.3 Å². The second-order valence-corrected chi connectivity index (χ2v) is 12.9. The summed E-state index contributed by atoms with van der Waals surface area (Å²) in [4.78, 5) is 0. The van der Waals surface area contributed by atoms with Crippen LogP contribution in [0.25, 0.3) is 22.3 Å². The third kappa shape index (κ3) is 3.57. The summed E-state index contributed by atoms with van der Waals surface area (Å²) < 4.78 is 0. The highest BCUT2D eigenvalue weighted by atomic mass is 14.4. The number of rotatable bonds is 3. The van der Waals surface area contributed by atoms with Gasteiger partial charge in [-0.15, -0.1) is 0 Å². The summed E-state index contributed by atoms with van der Waals surface area (Å²) in [6.07, 6.45) is 2.32. The molecule has 0 nitrogen and oxygen atoms in total. The van der Waals surface area contributed by atoms with Crippen LogP contribution in [-0.2, 0) is 10.8 Å². The quantitative estimate of drug-likeness (QED) is 0.279. The molecule has 0 saturated carbocycles. The van der Waals surface area contributed by atoms with E-state index in [0.717, 1.165) is 12.8 Å². The number of fused-ring (bicyclic) bond motifs is 6. The standard InChI is InChI=1S/C36H38/c1-35(2,3)31-19-11-17-29-25(23-13-7-9-15-27(23)33(29)31)21-22-26-24-14-8-10-16-28(24)34-30(26)18-12-20-32(34)36(4,5)6/h7-20,25-26H,21-22H2,1-6H3. The molecule has 0 fully saturated rings. The zero-order valence-electron chi connectivity index (χ0n) is 22.7. The van der Waals surface area contributed by atoms with Crippen molar-refractivity contribution in [2.24, 2.45) is 0 Å². The van der Waals surface area contributed by atoms with E-state index in [1.165, 1.54) is 55.6 Å². The second kappa shape index (κ2) is 8.20. The molecule has 0 heterocycles. The molecule has 0 aromatic heterocycles. The lowest BCUT2D eigenvalue weighted by molar-refractivity contribution is 0.588. The van der Waals surface area contributed by atoms with Crippen LogP contribution in [0.1, 0.15) is 99.6 Å². The highest BCUT2D eigenvalue weighted by Gasteiger charge is 2.36. The van der Waals surface area contributed by atoms with Gasteiger partial charge in [0.05, 0.1) is 0 Å². The molecule has 2 atom stereocenters. The van der Waals surface area contributed by atoms with Crippen LogP contribution < -0.4 is 0 Å². The van der Waals surface area contributed by atoms with Crippen LogP contribution in [0.3, 0.4) is 0 Å². The number of hydrogen-bond donors (Lipinski definition) is 0. The largest absolute Gasteiger partial charge is 0.0619 e. The fourth-order valence-corrected chi connectivity index (χ4v) is 6.92. The van der Waals surface area contributed by atoms with Crippen LogP contribution in [0.15, 0.2) is 84.9 Å². The molecule has 6 rings (SSSR count). The Kier molecular flexibility index (Phi) is 5.31. The van der Waals surface area contributed by atoms with E-state index >= 15 is 0 Å². The molecule has 0 heteroatoms. The van der Waals surface area contributed by atoms with E-state index in [2.05, 4.69) is 126 Å². The van der Waals surface area contributed by atoms with E-state index < -0.39 is 0 Å². The topological polar surface area (TPSA) is 0 Å². The summed E-state index contributed by atoms with van der Waals surface area (Å²) in [6, 6.07) is 32.4. The van der Waals surface area contributed by atoms with Gasteiger partial charge in [-0.3, -0.25) is 0 Å². The maximum absolute atomic E-state index is 2.39. The van der Waals surface area contributed by atoms with Crippen molar-refractivity contribution in [1.82, 2.24) is 0 Å². The van der Waals surface area contributed by atoms with Gasteiger partial charge in [0.15, 0.2) is 0 Å². The summed E-state index contributed by atoms with van der Waals surface area (Å²) in [6.45, 7) is 14.1. The minimum atomic E-state index is 0.125. The molecular formula is C36H38. The summed E-state index contributed by atoms with van der Waals surface area (Å²) in [7, 11) is 0. The first-order valence-corrected chi connectivity index (χ1v) is 13.6. The van der Waals surface area contributed by atoms with Gasteiger partial charge in [0.2, 0.25) is 0 Å². The molecule has 2 aliphatic rings. The molecule has 0 bridgehead atoms. The van der Waals surface area contributed by atoms with Gasteiger partial charge in [-0.2, -0.15) is 0 Å². The smallest absolute Gasteiger partial charge is 0.0102 e. The van der Waals surface area contributed by atoms with E-state index in [4.69, 9.17) is 0 Å². The lowest BCUT2D eigenvalue weighted by Gasteiger charge is -2.24. The molecule has 0 amide bonds. The van der Waals surface area contributed by atoms with Crippen molar-refractivity contribution < 1.29 is 0 Å². The minimum Gasteiger partial charge on any atom is -0.0619 e. The Hall–Kier alpha value is -3.12. The van der Waals surface area contributed by atoms with Crippen molar-refractivity contribution in [3.63, 3.8) is 0 Å². The number of benzene rings is 4. The first-order valence-electron chi connectivity index (χ1n) is 13.6. The zero-order valence-corrected chi connectivity index (χ0v) is 22.7. The Morgan fingerprint density at radius 1 is 0.444 bits per heavy atom. The Morgan fingerprint density at radius 3 is 1.19 bits per heavy atom. The highest BCUT2D eigenvalue weighted by molar-refractivity contribution is 5.83. The van der Waals surface area contributed by atoms with Gasteiger partial charge in [0.1, 0.15) is 0 Å². The van der Waals surface area contributed by atoms with Crippen molar-refractivity contribution in [2.75, 3.05) is 0 Å². The second-order valence-electron chi connectivity index (χ2n) is 12.9. The van der Waals surface area contributed by atoms with Crippen molar-refractivity contribution in [3.8, 4) is 22.3 Å². The van der Waals surface area contributed by atoms with E-state index in [9.17, 15) is 0 Å². The third-order valence-corrected chi connectivity index (χ3v) is 8.52. The van der Waals surface area contributed by atoms with Crippen LogP contribution in [-0.4, -0.2) is 0 Å². The van der Waals surface area contributed by atoms with Crippen LogP contribution in [0, 0.1) is 0 Å². The zero-order chi connectivity index (χ0) is 25.2. The Morgan fingerprint density at radius 2 is 0.806 bits per heavy atom. The average molecular weight is 471 g/mol. The van der Waals surface area contributed by atoms with Gasteiger partial charge in [0.25, 0.3) is 0 Å². The average Bonchev–Trinajstić information content (AvgIpc) is 3.34. The first-order chi connectivity index (χ1) is 17.2. The molecule has 4 aromatic rings. The normalized spacial score (nSPS) is 17.9. The van der Waals surface area contributed by atoms with Crippen molar-refractivity contribution >= 4 is 0 Å². The molecule has 0 saturated heterocycles.